The number of methoxy groups -OCH3 is 1. The summed E-state index contributed by atoms with van der Waals surface area (Å²) in [6.45, 7) is 8.41. The summed E-state index contributed by atoms with van der Waals surface area (Å²) in [7, 11) is 1.65. The van der Waals surface area contributed by atoms with E-state index in [0.717, 1.165) is 35.5 Å². The lowest BCUT2D eigenvalue weighted by atomic mass is 10.1. The van der Waals surface area contributed by atoms with Crippen LogP contribution in [-0.4, -0.2) is 48.0 Å². The highest BCUT2D eigenvalue weighted by Crippen LogP contribution is 2.21. The van der Waals surface area contributed by atoms with E-state index in [1.807, 2.05) is 48.2 Å². The number of rotatable bonds is 5. The Morgan fingerprint density at radius 1 is 1.14 bits per heavy atom. The number of halogens is 1. The van der Waals surface area contributed by atoms with Gasteiger partial charge in [0.15, 0.2) is 0 Å². The first kappa shape index (κ1) is 21.1. The number of hydrogen-bond acceptors (Lipinski definition) is 3. The number of amides is 1. The molecule has 4 nitrogen and oxygen atoms in total. The summed E-state index contributed by atoms with van der Waals surface area (Å²) >= 11 is 0. The molecular formula is C24H29FN2O2. The average Bonchev–Trinajstić information content (AvgIpc) is 2.71. The van der Waals surface area contributed by atoms with E-state index in [9.17, 15) is 9.18 Å². The van der Waals surface area contributed by atoms with E-state index in [1.54, 1.807) is 13.2 Å². The van der Waals surface area contributed by atoms with E-state index in [0.29, 0.717) is 6.54 Å². The van der Waals surface area contributed by atoms with Gasteiger partial charge in [-0.1, -0.05) is 24.3 Å². The fraction of sp³-hybridized carbons (Fsp3) is 0.375. The molecule has 0 aliphatic carbocycles. The summed E-state index contributed by atoms with van der Waals surface area (Å²) in [4.78, 5) is 17.1. The topological polar surface area (TPSA) is 32.8 Å². The van der Waals surface area contributed by atoms with Gasteiger partial charge in [0.05, 0.1) is 7.11 Å². The van der Waals surface area contributed by atoms with Crippen molar-refractivity contribution in [1.82, 2.24) is 9.80 Å². The number of carbonyl (C=O) groups is 1. The lowest BCUT2D eigenvalue weighted by Crippen LogP contribution is -2.57. The van der Waals surface area contributed by atoms with Gasteiger partial charge >= 0.3 is 0 Å². The molecule has 2 aromatic carbocycles. The van der Waals surface area contributed by atoms with Crippen LogP contribution in [0.15, 0.2) is 48.5 Å². The predicted molar refractivity (Wildman–Crippen MR) is 114 cm³/mol. The number of benzene rings is 2. The SMILES string of the molecule is COc1cc(C=CC(=O)N2C[C@@H](C)N(Cc3ccc(F)cc3)C[C@@H]2C)ccc1C. The maximum atomic E-state index is 13.1. The maximum Gasteiger partial charge on any atom is 0.246 e. The van der Waals surface area contributed by atoms with Crippen LogP contribution < -0.4 is 4.74 Å². The Morgan fingerprint density at radius 2 is 1.86 bits per heavy atom. The van der Waals surface area contributed by atoms with Gasteiger partial charge in [-0.3, -0.25) is 9.69 Å². The third-order valence-electron chi connectivity index (χ3n) is 5.55. The van der Waals surface area contributed by atoms with E-state index in [4.69, 9.17) is 4.74 Å². The van der Waals surface area contributed by atoms with Gasteiger partial charge in [-0.25, -0.2) is 4.39 Å². The minimum Gasteiger partial charge on any atom is -0.496 e. The van der Waals surface area contributed by atoms with Gasteiger partial charge in [-0.15, -0.1) is 0 Å². The molecule has 5 heteroatoms. The van der Waals surface area contributed by atoms with Crippen LogP contribution in [-0.2, 0) is 11.3 Å². The molecule has 0 unspecified atom stereocenters. The van der Waals surface area contributed by atoms with Gasteiger partial charge in [0, 0.05) is 37.8 Å². The van der Waals surface area contributed by atoms with Crippen molar-refractivity contribution in [3.05, 3.63) is 71.0 Å². The molecule has 0 radical (unpaired) electrons. The molecule has 154 valence electrons. The second-order valence-corrected chi connectivity index (χ2v) is 7.81. The minimum absolute atomic E-state index is 0.0188. The number of piperazine rings is 1. The summed E-state index contributed by atoms with van der Waals surface area (Å²) in [5, 5.41) is 0. The van der Waals surface area contributed by atoms with Crippen LogP contribution in [0.4, 0.5) is 4.39 Å². The van der Waals surface area contributed by atoms with E-state index in [2.05, 4.69) is 18.7 Å². The Hall–Kier alpha value is -2.66. The normalized spacial score (nSPS) is 20.2. The molecule has 0 bridgehead atoms. The second kappa shape index (κ2) is 9.23. The van der Waals surface area contributed by atoms with Crippen LogP contribution in [0.3, 0.4) is 0 Å². The molecule has 1 amide bonds. The van der Waals surface area contributed by atoms with Gasteiger partial charge in [-0.2, -0.15) is 0 Å². The molecule has 1 saturated heterocycles. The summed E-state index contributed by atoms with van der Waals surface area (Å²) in [5.74, 6) is 0.616. The molecule has 1 heterocycles. The van der Waals surface area contributed by atoms with Crippen molar-refractivity contribution in [3.8, 4) is 5.75 Å². The van der Waals surface area contributed by atoms with E-state index < -0.39 is 0 Å². The average molecular weight is 397 g/mol. The van der Waals surface area contributed by atoms with E-state index >= 15 is 0 Å². The van der Waals surface area contributed by atoms with Gasteiger partial charge in [-0.05, 0) is 61.7 Å². The Bertz CT molecular complexity index is 879. The quantitative estimate of drug-likeness (QED) is 0.708. The van der Waals surface area contributed by atoms with Crippen molar-refractivity contribution >= 4 is 12.0 Å². The predicted octanol–water partition coefficient (Wildman–Crippen LogP) is 4.28. The summed E-state index contributed by atoms with van der Waals surface area (Å²) in [6.07, 6.45) is 3.48. The summed E-state index contributed by atoms with van der Waals surface area (Å²) in [5.41, 5.74) is 3.09. The molecule has 0 spiro atoms. The van der Waals surface area contributed by atoms with Crippen LogP contribution >= 0.6 is 0 Å². The first-order valence-electron chi connectivity index (χ1n) is 9.99. The maximum absolute atomic E-state index is 13.1. The zero-order valence-electron chi connectivity index (χ0n) is 17.6. The van der Waals surface area contributed by atoms with Crippen molar-refractivity contribution in [3.63, 3.8) is 0 Å². The Kier molecular flexibility index (Phi) is 6.70. The van der Waals surface area contributed by atoms with E-state index in [-0.39, 0.29) is 23.8 Å². The highest BCUT2D eigenvalue weighted by Gasteiger charge is 2.30. The van der Waals surface area contributed by atoms with Crippen molar-refractivity contribution in [2.24, 2.45) is 0 Å². The number of hydrogen-bond donors (Lipinski definition) is 0. The van der Waals surface area contributed by atoms with Crippen LogP contribution in [0.25, 0.3) is 6.08 Å². The lowest BCUT2D eigenvalue weighted by Gasteiger charge is -2.44. The second-order valence-electron chi connectivity index (χ2n) is 7.81. The van der Waals surface area contributed by atoms with Crippen LogP contribution in [0.2, 0.25) is 0 Å². The molecule has 0 N–H and O–H groups in total. The Morgan fingerprint density at radius 3 is 2.55 bits per heavy atom. The Labute approximate surface area is 172 Å². The number of ether oxygens (including phenoxy) is 1. The van der Waals surface area contributed by atoms with Gasteiger partial charge in [0.1, 0.15) is 11.6 Å². The zero-order chi connectivity index (χ0) is 21.0. The zero-order valence-corrected chi connectivity index (χ0v) is 17.6. The molecule has 0 saturated carbocycles. The van der Waals surface area contributed by atoms with Crippen molar-refractivity contribution < 1.29 is 13.9 Å². The molecule has 1 fully saturated rings. The molecule has 29 heavy (non-hydrogen) atoms. The smallest absolute Gasteiger partial charge is 0.246 e. The highest BCUT2D eigenvalue weighted by molar-refractivity contribution is 5.92. The molecule has 0 aromatic heterocycles. The van der Waals surface area contributed by atoms with Crippen LogP contribution in [0.5, 0.6) is 5.75 Å². The third-order valence-corrected chi connectivity index (χ3v) is 5.55. The monoisotopic (exact) mass is 396 g/mol. The van der Waals surface area contributed by atoms with Crippen molar-refractivity contribution in [2.75, 3.05) is 20.2 Å². The lowest BCUT2D eigenvalue weighted by molar-refractivity contribution is -0.131. The van der Waals surface area contributed by atoms with Gasteiger partial charge < -0.3 is 9.64 Å². The van der Waals surface area contributed by atoms with E-state index in [1.165, 1.54) is 12.1 Å². The molecule has 1 aliphatic rings. The molecule has 1 aliphatic heterocycles. The van der Waals surface area contributed by atoms with Gasteiger partial charge in [0.2, 0.25) is 5.91 Å². The standard InChI is InChI=1S/C24H29FN2O2/c1-17-5-6-20(13-23(17)29-4)9-12-24(28)27-15-18(2)26(14-19(27)3)16-21-7-10-22(25)11-8-21/h5-13,18-19H,14-16H2,1-4H3/t18-,19+/m1/s1. The first-order valence-corrected chi connectivity index (χ1v) is 9.99. The Balaban J connectivity index is 1.63. The number of carbonyl (C=O) groups excluding carboxylic acids is 1. The minimum atomic E-state index is -0.219. The summed E-state index contributed by atoms with van der Waals surface area (Å²) in [6, 6.07) is 12.9. The van der Waals surface area contributed by atoms with Crippen molar-refractivity contribution in [1.29, 1.82) is 0 Å². The largest absolute Gasteiger partial charge is 0.496 e. The molecule has 2 aromatic rings. The first-order chi connectivity index (χ1) is 13.9. The fourth-order valence-corrected chi connectivity index (χ4v) is 3.75. The van der Waals surface area contributed by atoms with Crippen LogP contribution in [0, 0.1) is 12.7 Å². The number of nitrogens with zero attached hydrogens (tertiary/aromatic N) is 2. The molecule has 3 rings (SSSR count). The number of aryl methyl sites for hydroxylation is 1. The fourth-order valence-electron chi connectivity index (χ4n) is 3.75. The highest BCUT2D eigenvalue weighted by atomic mass is 19.1. The summed E-state index contributed by atoms with van der Waals surface area (Å²) < 4.78 is 18.5. The van der Waals surface area contributed by atoms with Crippen LogP contribution in [0.1, 0.15) is 30.5 Å². The third kappa shape index (κ3) is 5.24. The van der Waals surface area contributed by atoms with Crippen molar-refractivity contribution in [2.45, 2.75) is 39.4 Å². The molecule has 2 atom stereocenters. The molecular weight excluding hydrogens is 367 g/mol. The van der Waals surface area contributed by atoms with Gasteiger partial charge in [0.25, 0.3) is 0 Å².